The molecule has 4 N–H and O–H groups in total. The molecule has 0 fully saturated rings. The number of hydrogen-bond donors (Lipinski definition) is 3. The first-order valence-electron chi connectivity index (χ1n) is 3.32. The molecule has 0 amide bonds. The average molecular weight is 173 g/mol. The van der Waals surface area contributed by atoms with Crippen molar-refractivity contribution in [3.63, 3.8) is 0 Å². The number of aliphatic carboxylic acids is 2. The lowest BCUT2D eigenvalue weighted by Crippen LogP contribution is -2.41. The smallest absolute Gasteiger partial charge is 0.321 e. The van der Waals surface area contributed by atoms with E-state index in [2.05, 4.69) is 6.58 Å². The van der Waals surface area contributed by atoms with Crippen LogP contribution in [0.2, 0.25) is 0 Å². The van der Waals surface area contributed by atoms with Gasteiger partial charge in [0.1, 0.15) is 6.04 Å². The highest BCUT2D eigenvalue weighted by atomic mass is 16.4. The molecule has 0 saturated carbocycles. The van der Waals surface area contributed by atoms with Crippen molar-refractivity contribution in [2.75, 3.05) is 0 Å². The lowest BCUT2D eigenvalue weighted by molar-refractivity contribution is -0.149. The van der Waals surface area contributed by atoms with Gasteiger partial charge in [0.15, 0.2) is 0 Å². The van der Waals surface area contributed by atoms with E-state index in [0.29, 0.717) is 0 Å². The average Bonchev–Trinajstić information content (AvgIpc) is 1.98. The van der Waals surface area contributed by atoms with Gasteiger partial charge in [0.05, 0.1) is 5.92 Å². The first-order chi connectivity index (χ1) is 5.50. The van der Waals surface area contributed by atoms with Crippen molar-refractivity contribution in [2.24, 2.45) is 11.7 Å². The van der Waals surface area contributed by atoms with Crippen LogP contribution >= 0.6 is 0 Å². The van der Waals surface area contributed by atoms with Gasteiger partial charge in [0.25, 0.3) is 0 Å². The van der Waals surface area contributed by atoms with Gasteiger partial charge in [0.2, 0.25) is 0 Å². The van der Waals surface area contributed by atoms with Crippen molar-refractivity contribution in [2.45, 2.75) is 12.5 Å². The van der Waals surface area contributed by atoms with Gasteiger partial charge >= 0.3 is 11.9 Å². The standard InChI is InChI=1S/C7H11NO4/c1-2-3-4(6(9)10)5(8)7(11)12/h2,4-5H,1,3,8H2,(H,9,10)(H,11,12)/t4-,5+/m1/s1. The summed E-state index contributed by atoms with van der Waals surface area (Å²) in [7, 11) is 0. The highest BCUT2D eigenvalue weighted by Gasteiger charge is 2.28. The third-order valence-corrected chi connectivity index (χ3v) is 1.46. The summed E-state index contributed by atoms with van der Waals surface area (Å²) in [6.45, 7) is 3.31. The van der Waals surface area contributed by atoms with E-state index in [4.69, 9.17) is 15.9 Å². The summed E-state index contributed by atoms with van der Waals surface area (Å²) in [6, 6.07) is -1.37. The predicted octanol–water partition coefficient (Wildman–Crippen LogP) is -0.325. The van der Waals surface area contributed by atoms with Crippen LogP contribution < -0.4 is 5.73 Å². The summed E-state index contributed by atoms with van der Waals surface area (Å²) in [6.07, 6.45) is 1.39. The van der Waals surface area contributed by atoms with Gasteiger partial charge in [-0.3, -0.25) is 9.59 Å². The van der Waals surface area contributed by atoms with Crippen molar-refractivity contribution in [1.82, 2.24) is 0 Å². The van der Waals surface area contributed by atoms with Gasteiger partial charge in [-0.2, -0.15) is 0 Å². The minimum atomic E-state index is -1.37. The summed E-state index contributed by atoms with van der Waals surface area (Å²) in [4.78, 5) is 20.7. The molecule has 0 aliphatic heterocycles. The van der Waals surface area contributed by atoms with E-state index in [1.807, 2.05) is 0 Å². The molecule has 0 aromatic heterocycles. The Morgan fingerprint density at radius 3 is 2.17 bits per heavy atom. The molecule has 0 aliphatic rings. The molecule has 0 heterocycles. The molecule has 2 atom stereocenters. The molecule has 0 aliphatic carbocycles. The largest absolute Gasteiger partial charge is 0.481 e. The van der Waals surface area contributed by atoms with Gasteiger partial charge in [0, 0.05) is 0 Å². The fraction of sp³-hybridized carbons (Fsp3) is 0.429. The Morgan fingerprint density at radius 1 is 1.42 bits per heavy atom. The van der Waals surface area contributed by atoms with Gasteiger partial charge in [-0.15, -0.1) is 6.58 Å². The van der Waals surface area contributed by atoms with E-state index >= 15 is 0 Å². The maximum Gasteiger partial charge on any atom is 0.321 e. The van der Waals surface area contributed by atoms with Crippen LogP contribution in [-0.2, 0) is 9.59 Å². The van der Waals surface area contributed by atoms with Gasteiger partial charge < -0.3 is 15.9 Å². The fourth-order valence-corrected chi connectivity index (χ4v) is 0.753. The van der Waals surface area contributed by atoms with E-state index in [-0.39, 0.29) is 6.42 Å². The van der Waals surface area contributed by atoms with Crippen LogP contribution in [0, 0.1) is 5.92 Å². The maximum atomic E-state index is 10.4. The van der Waals surface area contributed by atoms with Crippen LogP contribution in [0.3, 0.4) is 0 Å². The Hall–Kier alpha value is -1.36. The molecule has 0 aromatic carbocycles. The Balaban J connectivity index is 4.38. The van der Waals surface area contributed by atoms with E-state index in [1.165, 1.54) is 6.08 Å². The second-order valence-electron chi connectivity index (χ2n) is 2.33. The Morgan fingerprint density at radius 2 is 1.92 bits per heavy atom. The Bertz CT molecular complexity index is 202. The first kappa shape index (κ1) is 10.6. The second-order valence-corrected chi connectivity index (χ2v) is 2.33. The summed E-state index contributed by atoms with van der Waals surface area (Å²) in [5, 5.41) is 16.9. The summed E-state index contributed by atoms with van der Waals surface area (Å²) >= 11 is 0. The highest BCUT2D eigenvalue weighted by molar-refractivity contribution is 5.82. The van der Waals surface area contributed by atoms with Crippen LogP contribution in [0.4, 0.5) is 0 Å². The molecule has 5 nitrogen and oxygen atoms in total. The minimum Gasteiger partial charge on any atom is -0.481 e. The van der Waals surface area contributed by atoms with Crippen molar-refractivity contribution in [3.8, 4) is 0 Å². The lowest BCUT2D eigenvalue weighted by Gasteiger charge is -2.13. The van der Waals surface area contributed by atoms with Crippen molar-refractivity contribution in [1.29, 1.82) is 0 Å². The molecule has 68 valence electrons. The zero-order valence-corrected chi connectivity index (χ0v) is 6.43. The van der Waals surface area contributed by atoms with Crippen molar-refractivity contribution < 1.29 is 19.8 Å². The first-order valence-corrected chi connectivity index (χ1v) is 3.32. The molecule has 0 unspecified atom stereocenters. The number of hydrogen-bond acceptors (Lipinski definition) is 3. The SMILES string of the molecule is C=CC[C@@H](C(=O)O)[C@H](N)C(=O)O. The number of rotatable bonds is 5. The third kappa shape index (κ3) is 2.71. The molecule has 5 heteroatoms. The highest BCUT2D eigenvalue weighted by Crippen LogP contribution is 2.08. The quantitative estimate of drug-likeness (QED) is 0.494. The molecule has 0 spiro atoms. The lowest BCUT2D eigenvalue weighted by atomic mass is 9.97. The van der Waals surface area contributed by atoms with E-state index in [0.717, 1.165) is 0 Å². The molecule has 12 heavy (non-hydrogen) atoms. The number of allylic oxidation sites excluding steroid dienone is 1. The maximum absolute atomic E-state index is 10.4. The van der Waals surface area contributed by atoms with Crippen molar-refractivity contribution in [3.05, 3.63) is 12.7 Å². The van der Waals surface area contributed by atoms with Crippen LogP contribution in [0.1, 0.15) is 6.42 Å². The number of nitrogens with two attached hydrogens (primary N) is 1. The van der Waals surface area contributed by atoms with Crippen molar-refractivity contribution >= 4 is 11.9 Å². The topological polar surface area (TPSA) is 101 Å². The van der Waals surface area contributed by atoms with Gasteiger partial charge in [-0.05, 0) is 6.42 Å². The summed E-state index contributed by atoms with van der Waals surface area (Å²) in [5.74, 6) is -3.63. The molecule has 0 aromatic rings. The second kappa shape index (κ2) is 4.50. The normalized spacial score (nSPS) is 14.8. The number of carboxylic acid groups (broad SMARTS) is 2. The molecular weight excluding hydrogens is 162 g/mol. The van der Waals surface area contributed by atoms with Gasteiger partial charge in [-0.1, -0.05) is 6.08 Å². The minimum absolute atomic E-state index is 0.0583. The third-order valence-electron chi connectivity index (χ3n) is 1.46. The predicted molar refractivity (Wildman–Crippen MR) is 41.6 cm³/mol. The zero-order valence-electron chi connectivity index (χ0n) is 6.43. The molecule has 0 saturated heterocycles. The molecule has 0 rings (SSSR count). The number of carboxylic acids is 2. The Kier molecular flexibility index (Phi) is 3.99. The summed E-state index contributed by atoms with van der Waals surface area (Å²) < 4.78 is 0. The molecule has 0 bridgehead atoms. The van der Waals surface area contributed by atoms with Crippen LogP contribution in [-0.4, -0.2) is 28.2 Å². The molecular formula is C7H11NO4. The van der Waals surface area contributed by atoms with Gasteiger partial charge in [-0.25, -0.2) is 0 Å². The van der Waals surface area contributed by atoms with Crippen LogP contribution in [0.25, 0.3) is 0 Å². The van der Waals surface area contributed by atoms with E-state index in [1.54, 1.807) is 0 Å². The van der Waals surface area contributed by atoms with Crippen LogP contribution in [0.5, 0.6) is 0 Å². The Labute approximate surface area is 69.5 Å². The van der Waals surface area contributed by atoms with Crippen LogP contribution in [0.15, 0.2) is 12.7 Å². The zero-order chi connectivity index (χ0) is 9.72. The monoisotopic (exact) mass is 173 g/mol. The van der Waals surface area contributed by atoms with E-state index in [9.17, 15) is 9.59 Å². The number of carbonyl (C=O) groups is 2. The summed E-state index contributed by atoms with van der Waals surface area (Å²) in [5.41, 5.74) is 5.12. The fourth-order valence-electron chi connectivity index (χ4n) is 0.753. The van der Waals surface area contributed by atoms with E-state index < -0.39 is 23.9 Å². The molecule has 0 radical (unpaired) electrons.